The molecule has 1 saturated heterocycles. The average Bonchev–Trinajstić information content (AvgIpc) is 2.82. The number of pyridine rings is 1. The molecule has 0 spiro atoms. The number of aromatic nitrogens is 3. The van der Waals surface area contributed by atoms with Gasteiger partial charge in [0.1, 0.15) is 0 Å². The van der Waals surface area contributed by atoms with Gasteiger partial charge in [0.2, 0.25) is 0 Å². The van der Waals surface area contributed by atoms with Crippen LogP contribution in [0.15, 0.2) is 12.3 Å². The Kier molecular flexibility index (Phi) is 4.08. The summed E-state index contributed by atoms with van der Waals surface area (Å²) in [6, 6.07) is 2.20. The van der Waals surface area contributed by atoms with E-state index in [1.54, 1.807) is 6.20 Å². The van der Waals surface area contributed by atoms with Crippen LogP contribution in [-0.2, 0) is 4.74 Å². The Morgan fingerprint density at radius 2 is 2.29 bits per heavy atom. The van der Waals surface area contributed by atoms with Crippen LogP contribution in [0.25, 0.3) is 11.2 Å². The number of aromatic amines is 1. The molecule has 0 aliphatic carbocycles. The molecule has 2 aromatic rings. The van der Waals surface area contributed by atoms with E-state index in [1.165, 1.54) is 0 Å². The molecule has 1 aliphatic rings. The number of imidazole rings is 1. The van der Waals surface area contributed by atoms with E-state index in [2.05, 4.69) is 28.4 Å². The maximum atomic E-state index is 6.06. The molecular weight excluding hydrogens is 306 g/mol. The molecule has 114 valence electrons. The molecule has 4 nitrogen and oxygen atoms in total. The number of ether oxygens (including phenoxy) is 1. The molecule has 0 bridgehead atoms. The van der Waals surface area contributed by atoms with Crippen LogP contribution in [-0.4, -0.2) is 26.7 Å². The summed E-state index contributed by atoms with van der Waals surface area (Å²) in [6.07, 6.45) is 5.66. The number of H-pyrrole nitrogens is 1. The monoisotopic (exact) mass is 325 g/mol. The van der Waals surface area contributed by atoms with Crippen molar-refractivity contribution in [2.75, 3.05) is 6.61 Å². The first-order valence-corrected chi connectivity index (χ1v) is 8.27. The Labute approximate surface area is 134 Å². The van der Waals surface area contributed by atoms with Crippen molar-refractivity contribution < 1.29 is 4.74 Å². The summed E-state index contributed by atoms with van der Waals surface area (Å²) >= 11 is 11.5. The Hall–Kier alpha value is -0.910. The van der Waals surface area contributed by atoms with Crippen molar-refractivity contribution in [2.45, 2.75) is 51.2 Å². The van der Waals surface area contributed by atoms with Gasteiger partial charge in [-0.1, -0.05) is 25.4 Å². The van der Waals surface area contributed by atoms with E-state index >= 15 is 0 Å². The predicted molar refractivity (Wildman–Crippen MR) is 87.5 cm³/mol. The van der Waals surface area contributed by atoms with Crippen LogP contribution in [0.4, 0.5) is 0 Å². The zero-order valence-electron chi connectivity index (χ0n) is 12.4. The molecule has 0 amide bonds. The van der Waals surface area contributed by atoms with Crippen LogP contribution in [0.1, 0.15) is 45.6 Å². The number of rotatable bonds is 3. The number of fused-ring (bicyclic) bond motifs is 1. The zero-order chi connectivity index (χ0) is 15.0. The molecule has 0 aromatic carbocycles. The molecular formula is C15H20ClN3OS. The molecule has 1 N–H and O–H groups in total. The van der Waals surface area contributed by atoms with Gasteiger partial charge in [-0.25, -0.2) is 4.98 Å². The van der Waals surface area contributed by atoms with Gasteiger partial charge in [-0.15, -0.1) is 0 Å². The molecule has 6 heteroatoms. The van der Waals surface area contributed by atoms with E-state index in [-0.39, 0.29) is 5.60 Å². The molecule has 1 aliphatic heterocycles. The largest absolute Gasteiger partial charge is 0.375 e. The summed E-state index contributed by atoms with van der Waals surface area (Å²) in [5.41, 5.74) is 1.75. The van der Waals surface area contributed by atoms with E-state index in [9.17, 15) is 0 Å². The van der Waals surface area contributed by atoms with Gasteiger partial charge in [0, 0.05) is 18.8 Å². The van der Waals surface area contributed by atoms with E-state index in [0.717, 1.165) is 43.5 Å². The zero-order valence-corrected chi connectivity index (χ0v) is 13.9. The number of nitrogens with one attached hydrogen (secondary N) is 1. The predicted octanol–water partition coefficient (Wildman–Crippen LogP) is 4.66. The fraction of sp³-hybridized carbons (Fsp3) is 0.600. The normalized spacial score (nSPS) is 21.8. The number of hydrogen-bond donors (Lipinski definition) is 1. The Balaban J connectivity index is 2.04. The standard InChI is InChI=1S/C15H20ClN3OS/c1-3-15(4-2)8-11(5-6-20-15)19-13-12(18-14(19)21)7-10(16)9-17-13/h7,9,11H,3-6,8H2,1-2H3,(H,18,21). The third-order valence-corrected chi connectivity index (χ3v) is 5.15. The highest BCUT2D eigenvalue weighted by atomic mass is 35.5. The third-order valence-electron chi connectivity index (χ3n) is 4.64. The second-order valence-electron chi connectivity index (χ2n) is 5.71. The molecule has 1 fully saturated rings. The van der Waals surface area contributed by atoms with Crippen LogP contribution in [0.2, 0.25) is 5.02 Å². The van der Waals surface area contributed by atoms with Crippen molar-refractivity contribution in [1.82, 2.24) is 14.5 Å². The summed E-state index contributed by atoms with van der Waals surface area (Å²) in [6.45, 7) is 5.16. The van der Waals surface area contributed by atoms with Gasteiger partial charge >= 0.3 is 0 Å². The Bertz CT molecular complexity index is 704. The van der Waals surface area contributed by atoms with Crippen molar-refractivity contribution in [3.63, 3.8) is 0 Å². The molecule has 2 aromatic heterocycles. The summed E-state index contributed by atoms with van der Waals surface area (Å²) < 4.78 is 8.92. The maximum Gasteiger partial charge on any atom is 0.179 e. The van der Waals surface area contributed by atoms with Crippen LogP contribution >= 0.6 is 23.8 Å². The third kappa shape index (κ3) is 2.62. The van der Waals surface area contributed by atoms with Gasteiger partial charge < -0.3 is 9.72 Å². The first-order chi connectivity index (χ1) is 10.1. The SMILES string of the molecule is CCC1(CC)CC(n2c(=S)[nH]c3cc(Cl)cnc32)CCO1. The second kappa shape index (κ2) is 5.71. The van der Waals surface area contributed by atoms with Crippen LogP contribution in [0.3, 0.4) is 0 Å². The van der Waals surface area contributed by atoms with Crippen LogP contribution < -0.4 is 0 Å². The minimum absolute atomic E-state index is 0.0340. The lowest BCUT2D eigenvalue weighted by Gasteiger charge is -2.40. The molecule has 0 saturated carbocycles. The molecule has 3 heterocycles. The van der Waals surface area contributed by atoms with Gasteiger partial charge in [0.05, 0.1) is 16.1 Å². The highest BCUT2D eigenvalue weighted by Gasteiger charge is 2.36. The smallest absolute Gasteiger partial charge is 0.179 e. The van der Waals surface area contributed by atoms with Crippen molar-refractivity contribution in [1.29, 1.82) is 0 Å². The van der Waals surface area contributed by atoms with E-state index in [4.69, 9.17) is 28.6 Å². The number of hydrogen-bond acceptors (Lipinski definition) is 3. The fourth-order valence-corrected chi connectivity index (χ4v) is 3.79. The molecule has 0 radical (unpaired) electrons. The van der Waals surface area contributed by atoms with Gasteiger partial charge in [0.25, 0.3) is 0 Å². The van der Waals surface area contributed by atoms with E-state index in [1.807, 2.05) is 6.07 Å². The quantitative estimate of drug-likeness (QED) is 0.835. The fourth-order valence-electron chi connectivity index (χ4n) is 3.29. The maximum absolute atomic E-state index is 6.06. The minimum Gasteiger partial charge on any atom is -0.375 e. The first-order valence-electron chi connectivity index (χ1n) is 7.48. The Morgan fingerprint density at radius 1 is 1.52 bits per heavy atom. The average molecular weight is 326 g/mol. The second-order valence-corrected chi connectivity index (χ2v) is 6.53. The molecule has 1 unspecified atom stereocenters. The topological polar surface area (TPSA) is 42.8 Å². The van der Waals surface area contributed by atoms with Crippen molar-refractivity contribution >= 4 is 35.0 Å². The lowest BCUT2D eigenvalue weighted by molar-refractivity contribution is -0.0984. The summed E-state index contributed by atoms with van der Waals surface area (Å²) in [5, 5.41) is 0.620. The van der Waals surface area contributed by atoms with Gasteiger partial charge in [0.15, 0.2) is 10.4 Å². The Morgan fingerprint density at radius 3 is 3.00 bits per heavy atom. The molecule has 3 rings (SSSR count). The lowest BCUT2D eigenvalue weighted by atomic mass is 9.86. The summed E-state index contributed by atoms with van der Waals surface area (Å²) in [5.74, 6) is 0. The van der Waals surface area contributed by atoms with Crippen molar-refractivity contribution in [3.05, 3.63) is 22.1 Å². The highest BCUT2D eigenvalue weighted by molar-refractivity contribution is 7.71. The van der Waals surface area contributed by atoms with Gasteiger partial charge in [-0.3, -0.25) is 4.57 Å². The van der Waals surface area contributed by atoms with Crippen LogP contribution in [0, 0.1) is 4.77 Å². The molecule has 21 heavy (non-hydrogen) atoms. The first kappa shape index (κ1) is 15.0. The summed E-state index contributed by atoms with van der Waals surface area (Å²) in [7, 11) is 0. The highest BCUT2D eigenvalue weighted by Crippen LogP contribution is 2.38. The van der Waals surface area contributed by atoms with Gasteiger partial charge in [-0.05, 0) is 44.0 Å². The van der Waals surface area contributed by atoms with Crippen molar-refractivity contribution in [2.24, 2.45) is 0 Å². The molecule has 1 atom stereocenters. The van der Waals surface area contributed by atoms with Crippen molar-refractivity contribution in [3.8, 4) is 0 Å². The lowest BCUT2D eigenvalue weighted by Crippen LogP contribution is -2.39. The van der Waals surface area contributed by atoms with Crippen LogP contribution in [0.5, 0.6) is 0 Å². The number of nitrogens with zero attached hydrogens (tertiary/aromatic N) is 2. The minimum atomic E-state index is -0.0340. The van der Waals surface area contributed by atoms with E-state index in [0.29, 0.717) is 15.8 Å². The van der Waals surface area contributed by atoms with E-state index < -0.39 is 0 Å². The summed E-state index contributed by atoms with van der Waals surface area (Å²) in [4.78, 5) is 7.69. The van der Waals surface area contributed by atoms with Gasteiger partial charge in [-0.2, -0.15) is 0 Å². The number of halogens is 1.